The second kappa shape index (κ2) is 12.2. The Morgan fingerprint density at radius 2 is 1.97 bits per heavy atom. The summed E-state index contributed by atoms with van der Waals surface area (Å²) in [5.74, 6) is 0.154. The molecule has 1 aliphatic rings. The summed E-state index contributed by atoms with van der Waals surface area (Å²) in [5, 5.41) is 14.2. The van der Waals surface area contributed by atoms with E-state index in [-0.39, 0.29) is 5.91 Å². The number of methoxy groups -OCH3 is 1. The lowest BCUT2D eigenvalue weighted by atomic mass is 10.1. The Bertz CT molecular complexity index is 1420. The maximum atomic E-state index is 12.4. The number of H-pyrrole nitrogens is 1. The van der Waals surface area contributed by atoms with Crippen LogP contribution in [0.2, 0.25) is 0 Å². The van der Waals surface area contributed by atoms with Gasteiger partial charge in [0.25, 0.3) is 5.91 Å². The van der Waals surface area contributed by atoms with Gasteiger partial charge in [-0.1, -0.05) is 0 Å². The van der Waals surface area contributed by atoms with Crippen molar-refractivity contribution in [2.75, 3.05) is 57.9 Å². The molecule has 2 aromatic heterocycles. The van der Waals surface area contributed by atoms with Gasteiger partial charge >= 0.3 is 0 Å². The molecule has 5 rings (SSSR count). The number of piperazine rings is 1. The number of aromatic nitrogens is 1. The number of nitriles is 1. The fourth-order valence-corrected chi connectivity index (χ4v) is 5.18. The van der Waals surface area contributed by atoms with Crippen LogP contribution in [0.1, 0.15) is 40.9 Å². The van der Waals surface area contributed by atoms with Gasteiger partial charge in [0.15, 0.2) is 5.76 Å². The van der Waals surface area contributed by atoms with Crippen LogP contribution in [0.3, 0.4) is 0 Å². The van der Waals surface area contributed by atoms with E-state index in [4.69, 9.17) is 9.15 Å². The third-order valence-corrected chi connectivity index (χ3v) is 7.34. The minimum atomic E-state index is -0.191. The fourth-order valence-electron chi connectivity index (χ4n) is 5.18. The lowest BCUT2D eigenvalue weighted by molar-refractivity contribution is 0.0923. The van der Waals surface area contributed by atoms with Gasteiger partial charge in [0.2, 0.25) is 0 Å². The van der Waals surface area contributed by atoms with Crippen molar-refractivity contribution in [3.8, 4) is 6.07 Å². The second-order valence-corrected chi connectivity index (χ2v) is 9.91. The molecule has 0 unspecified atom stereocenters. The molecule has 38 heavy (non-hydrogen) atoms. The standard InChI is InChI=1S/C30H35N5O3/c1-37-16-4-10-32-30(36)29-19-24-18-25(7-9-28(24)38-29)35-14-12-34(13-15-35)11-3-2-5-23-21-33-27-8-6-22(20-31)17-26(23)27/h6-9,17-19,21,33H,2-5,10-16H2,1H3,(H,32,36). The number of hydrogen-bond acceptors (Lipinski definition) is 6. The Balaban J connectivity index is 1.08. The number of anilines is 1. The highest BCUT2D eigenvalue weighted by Crippen LogP contribution is 2.26. The predicted octanol–water partition coefficient (Wildman–Crippen LogP) is 4.70. The Labute approximate surface area is 223 Å². The summed E-state index contributed by atoms with van der Waals surface area (Å²) in [6.07, 6.45) is 6.16. The van der Waals surface area contributed by atoms with Crippen molar-refractivity contribution in [3.05, 3.63) is 65.5 Å². The number of fused-ring (bicyclic) bond motifs is 2. The molecule has 1 aliphatic heterocycles. The summed E-state index contributed by atoms with van der Waals surface area (Å²) in [7, 11) is 1.65. The summed E-state index contributed by atoms with van der Waals surface area (Å²) in [6.45, 7) is 6.32. The number of benzene rings is 2. The van der Waals surface area contributed by atoms with E-state index in [1.165, 1.54) is 16.6 Å². The van der Waals surface area contributed by atoms with Crippen LogP contribution in [0.4, 0.5) is 5.69 Å². The minimum absolute atomic E-state index is 0.191. The van der Waals surface area contributed by atoms with Crippen molar-refractivity contribution in [2.24, 2.45) is 0 Å². The van der Waals surface area contributed by atoms with Gasteiger partial charge in [-0.05, 0) is 80.3 Å². The van der Waals surface area contributed by atoms with Gasteiger partial charge in [-0.15, -0.1) is 0 Å². The van der Waals surface area contributed by atoms with Crippen molar-refractivity contribution in [2.45, 2.75) is 25.7 Å². The lowest BCUT2D eigenvalue weighted by Gasteiger charge is -2.36. The average Bonchev–Trinajstić information content (AvgIpc) is 3.57. The van der Waals surface area contributed by atoms with Crippen molar-refractivity contribution in [1.82, 2.24) is 15.2 Å². The SMILES string of the molecule is COCCCNC(=O)c1cc2cc(N3CCN(CCCCc4c[nH]c5ccc(C#N)cc45)CC3)ccc2o1. The predicted molar refractivity (Wildman–Crippen MR) is 150 cm³/mol. The van der Waals surface area contributed by atoms with Crippen molar-refractivity contribution in [1.29, 1.82) is 5.26 Å². The smallest absolute Gasteiger partial charge is 0.287 e. The number of rotatable bonds is 11. The maximum Gasteiger partial charge on any atom is 0.287 e. The zero-order chi connectivity index (χ0) is 26.3. The van der Waals surface area contributed by atoms with Gasteiger partial charge < -0.3 is 24.4 Å². The number of unbranched alkanes of at least 4 members (excludes halogenated alkanes) is 1. The van der Waals surface area contributed by atoms with E-state index in [2.05, 4.69) is 44.5 Å². The molecule has 0 atom stereocenters. The molecule has 0 radical (unpaired) electrons. The monoisotopic (exact) mass is 513 g/mol. The molecule has 0 bridgehead atoms. The van der Waals surface area contributed by atoms with Crippen molar-refractivity contribution in [3.63, 3.8) is 0 Å². The topological polar surface area (TPSA) is 97.5 Å². The van der Waals surface area contributed by atoms with Crippen LogP contribution in [0.15, 0.2) is 53.1 Å². The molecule has 1 saturated heterocycles. The number of aromatic amines is 1. The van der Waals surface area contributed by atoms with Gasteiger partial charge in [-0.2, -0.15) is 5.26 Å². The van der Waals surface area contributed by atoms with E-state index in [9.17, 15) is 10.1 Å². The Morgan fingerprint density at radius 3 is 2.79 bits per heavy atom. The average molecular weight is 514 g/mol. The number of aryl methyl sites for hydroxylation is 1. The zero-order valence-corrected chi connectivity index (χ0v) is 22.0. The van der Waals surface area contributed by atoms with Gasteiger partial charge in [0, 0.05) is 74.6 Å². The van der Waals surface area contributed by atoms with E-state index in [1.54, 1.807) is 7.11 Å². The first-order valence-corrected chi connectivity index (χ1v) is 13.4. The van der Waals surface area contributed by atoms with Crippen LogP contribution in [-0.4, -0.2) is 68.8 Å². The van der Waals surface area contributed by atoms with E-state index < -0.39 is 0 Å². The highest BCUT2D eigenvalue weighted by Gasteiger charge is 2.19. The highest BCUT2D eigenvalue weighted by atomic mass is 16.5. The molecule has 4 aromatic rings. The summed E-state index contributed by atoms with van der Waals surface area (Å²) in [6, 6.07) is 16.1. The highest BCUT2D eigenvalue weighted by molar-refractivity contribution is 5.96. The number of nitrogens with zero attached hydrogens (tertiary/aromatic N) is 3. The number of amides is 1. The molecule has 3 heterocycles. The minimum Gasteiger partial charge on any atom is -0.451 e. The van der Waals surface area contributed by atoms with E-state index in [0.29, 0.717) is 24.5 Å². The largest absolute Gasteiger partial charge is 0.451 e. The zero-order valence-electron chi connectivity index (χ0n) is 22.0. The lowest BCUT2D eigenvalue weighted by Crippen LogP contribution is -2.46. The molecule has 8 heteroatoms. The molecule has 0 aliphatic carbocycles. The number of hydrogen-bond donors (Lipinski definition) is 2. The Morgan fingerprint density at radius 1 is 1.11 bits per heavy atom. The number of carbonyl (C=O) groups is 1. The van der Waals surface area contributed by atoms with Crippen molar-refractivity contribution < 1.29 is 13.9 Å². The van der Waals surface area contributed by atoms with Crippen LogP contribution >= 0.6 is 0 Å². The Kier molecular flexibility index (Phi) is 8.27. The van der Waals surface area contributed by atoms with Crippen LogP contribution in [0.25, 0.3) is 21.9 Å². The molecule has 1 amide bonds. The van der Waals surface area contributed by atoms with Gasteiger partial charge in [0.05, 0.1) is 11.6 Å². The van der Waals surface area contributed by atoms with E-state index >= 15 is 0 Å². The normalized spacial score (nSPS) is 14.3. The third-order valence-electron chi connectivity index (χ3n) is 7.34. The summed E-state index contributed by atoms with van der Waals surface area (Å²) >= 11 is 0. The number of furan rings is 1. The molecule has 1 fully saturated rings. The number of nitrogens with one attached hydrogen (secondary N) is 2. The summed E-state index contributed by atoms with van der Waals surface area (Å²) in [5.41, 5.74) is 5.00. The maximum absolute atomic E-state index is 12.4. The molecule has 2 aromatic carbocycles. The third kappa shape index (κ3) is 6.01. The van der Waals surface area contributed by atoms with Crippen LogP contribution in [0.5, 0.6) is 0 Å². The van der Waals surface area contributed by atoms with Crippen LogP contribution in [0, 0.1) is 11.3 Å². The van der Waals surface area contributed by atoms with E-state index in [1.807, 2.05) is 30.3 Å². The van der Waals surface area contributed by atoms with Gasteiger partial charge in [-0.3, -0.25) is 9.69 Å². The van der Waals surface area contributed by atoms with Crippen LogP contribution in [-0.2, 0) is 11.2 Å². The quantitative estimate of drug-likeness (QED) is 0.282. The van der Waals surface area contributed by atoms with Crippen LogP contribution < -0.4 is 10.2 Å². The molecular formula is C30H35N5O3. The first-order valence-electron chi connectivity index (χ1n) is 13.4. The first-order chi connectivity index (χ1) is 18.6. The first kappa shape index (κ1) is 25.8. The van der Waals surface area contributed by atoms with Gasteiger partial charge in [-0.25, -0.2) is 0 Å². The molecular weight excluding hydrogens is 478 g/mol. The van der Waals surface area contributed by atoms with Gasteiger partial charge in [0.1, 0.15) is 5.58 Å². The fraction of sp³-hybridized carbons (Fsp3) is 0.400. The molecule has 8 nitrogen and oxygen atoms in total. The van der Waals surface area contributed by atoms with Crippen molar-refractivity contribution >= 4 is 33.5 Å². The number of carbonyl (C=O) groups excluding carboxylic acids is 1. The Hall–Kier alpha value is -3.80. The molecule has 198 valence electrons. The molecule has 2 N–H and O–H groups in total. The summed E-state index contributed by atoms with van der Waals surface area (Å²) in [4.78, 5) is 20.7. The molecule has 0 spiro atoms. The summed E-state index contributed by atoms with van der Waals surface area (Å²) < 4.78 is 10.8. The second-order valence-electron chi connectivity index (χ2n) is 9.91. The van der Waals surface area contributed by atoms with E-state index in [0.717, 1.165) is 74.9 Å². The number of ether oxygens (including phenoxy) is 1. The molecule has 0 saturated carbocycles.